The molecule has 1 atom stereocenters. The maximum absolute atomic E-state index is 12.4. The lowest BCUT2D eigenvalue weighted by atomic mass is 9.93. The number of fused-ring (bicyclic) bond motifs is 1. The summed E-state index contributed by atoms with van der Waals surface area (Å²) in [5.74, 6) is -0.468. The van der Waals surface area contributed by atoms with Crippen LogP contribution in [0.2, 0.25) is 0 Å². The Bertz CT molecular complexity index is 1120. The molecule has 2 heterocycles. The quantitative estimate of drug-likeness (QED) is 0.539. The molecule has 0 spiro atoms. The molecule has 31 heavy (non-hydrogen) atoms. The van der Waals surface area contributed by atoms with Crippen LogP contribution in [0.15, 0.2) is 46.8 Å². The summed E-state index contributed by atoms with van der Waals surface area (Å²) in [6.07, 6.45) is 1.32. The summed E-state index contributed by atoms with van der Waals surface area (Å²) < 4.78 is 6.27. The van der Waals surface area contributed by atoms with Gasteiger partial charge in [0.2, 0.25) is 0 Å². The lowest BCUT2D eigenvalue weighted by Crippen LogP contribution is -2.35. The van der Waals surface area contributed by atoms with Gasteiger partial charge in [-0.3, -0.25) is 19.0 Å². The zero-order chi connectivity index (χ0) is 22.5. The van der Waals surface area contributed by atoms with Crippen molar-refractivity contribution in [3.05, 3.63) is 63.5 Å². The summed E-state index contributed by atoms with van der Waals surface area (Å²) in [5.41, 5.74) is 1.93. The van der Waals surface area contributed by atoms with Crippen LogP contribution in [0, 0.1) is 5.92 Å². The highest BCUT2D eigenvalue weighted by atomic mass is 32.1. The molecule has 0 radical (unpaired) electrons. The summed E-state index contributed by atoms with van der Waals surface area (Å²) in [4.78, 5) is 41.7. The van der Waals surface area contributed by atoms with Crippen molar-refractivity contribution < 1.29 is 14.3 Å². The topological polar surface area (TPSA) is 90.3 Å². The second-order valence-electron chi connectivity index (χ2n) is 8.09. The van der Waals surface area contributed by atoms with Gasteiger partial charge >= 0.3 is 5.97 Å². The SMILES string of the molecule is CC(C)c1ccc(C(NC(=O)COC(=O)Cn2cnc3sccc3c2=O)C(C)C)cc1. The first kappa shape index (κ1) is 22.7. The first-order valence-electron chi connectivity index (χ1n) is 10.2. The third-order valence-electron chi connectivity index (χ3n) is 5.06. The van der Waals surface area contributed by atoms with Crippen molar-refractivity contribution >= 4 is 33.4 Å². The van der Waals surface area contributed by atoms with E-state index >= 15 is 0 Å². The van der Waals surface area contributed by atoms with Crippen LogP contribution in [-0.4, -0.2) is 28.0 Å². The van der Waals surface area contributed by atoms with E-state index in [1.54, 1.807) is 11.4 Å². The van der Waals surface area contributed by atoms with E-state index in [-0.39, 0.29) is 24.1 Å². The van der Waals surface area contributed by atoms with E-state index < -0.39 is 18.5 Å². The second kappa shape index (κ2) is 9.87. The predicted octanol–water partition coefficient (Wildman–Crippen LogP) is 3.64. The fourth-order valence-corrected chi connectivity index (χ4v) is 4.00. The third-order valence-corrected chi connectivity index (χ3v) is 5.88. The lowest BCUT2D eigenvalue weighted by molar-refractivity contribution is -0.149. The highest BCUT2D eigenvalue weighted by Gasteiger charge is 2.20. The van der Waals surface area contributed by atoms with E-state index in [9.17, 15) is 14.4 Å². The number of benzene rings is 1. The van der Waals surface area contributed by atoms with Gasteiger partial charge in [-0.2, -0.15) is 0 Å². The van der Waals surface area contributed by atoms with E-state index in [2.05, 4.69) is 36.3 Å². The van der Waals surface area contributed by atoms with Gasteiger partial charge in [-0.15, -0.1) is 11.3 Å². The molecule has 8 heteroatoms. The van der Waals surface area contributed by atoms with E-state index in [1.807, 2.05) is 26.0 Å². The number of amides is 1. The van der Waals surface area contributed by atoms with Gasteiger partial charge < -0.3 is 10.1 Å². The number of hydrogen-bond donors (Lipinski definition) is 1. The Kier molecular flexibility index (Phi) is 7.22. The molecule has 0 aliphatic carbocycles. The number of aromatic nitrogens is 2. The van der Waals surface area contributed by atoms with Crippen LogP contribution < -0.4 is 10.9 Å². The minimum absolute atomic E-state index is 0.159. The van der Waals surface area contributed by atoms with Crippen molar-refractivity contribution in [2.45, 2.75) is 46.2 Å². The van der Waals surface area contributed by atoms with Crippen molar-refractivity contribution in [1.82, 2.24) is 14.9 Å². The smallest absolute Gasteiger partial charge is 0.326 e. The molecule has 1 unspecified atom stereocenters. The van der Waals surface area contributed by atoms with Crippen molar-refractivity contribution in [3.8, 4) is 0 Å². The zero-order valence-corrected chi connectivity index (χ0v) is 18.9. The Balaban J connectivity index is 1.57. The number of carbonyl (C=O) groups excluding carboxylic acids is 2. The number of carbonyl (C=O) groups is 2. The Hall–Kier alpha value is -3.00. The lowest BCUT2D eigenvalue weighted by Gasteiger charge is -2.23. The number of esters is 1. The first-order chi connectivity index (χ1) is 14.8. The van der Waals surface area contributed by atoms with Crippen LogP contribution in [0.5, 0.6) is 0 Å². The molecule has 164 valence electrons. The molecule has 0 aliphatic rings. The van der Waals surface area contributed by atoms with E-state index in [4.69, 9.17) is 4.74 Å². The molecular formula is C23H27N3O4S. The van der Waals surface area contributed by atoms with Crippen LogP contribution in [0.1, 0.15) is 50.8 Å². The summed E-state index contributed by atoms with van der Waals surface area (Å²) in [6.45, 7) is 7.60. The van der Waals surface area contributed by atoms with Crippen LogP contribution in [0.4, 0.5) is 0 Å². The molecule has 0 saturated heterocycles. The van der Waals surface area contributed by atoms with Gasteiger partial charge in [-0.1, -0.05) is 52.0 Å². The molecule has 0 saturated carbocycles. The molecule has 0 bridgehead atoms. The van der Waals surface area contributed by atoms with Gasteiger partial charge in [0.1, 0.15) is 11.4 Å². The average Bonchev–Trinajstić information content (AvgIpc) is 3.22. The maximum atomic E-state index is 12.4. The van der Waals surface area contributed by atoms with E-state index in [0.717, 1.165) is 5.56 Å². The van der Waals surface area contributed by atoms with Crippen molar-refractivity contribution in [2.24, 2.45) is 5.92 Å². The molecule has 1 N–H and O–H groups in total. The molecule has 3 aromatic rings. The number of hydrogen-bond acceptors (Lipinski definition) is 6. The normalized spacial score (nSPS) is 12.3. The fourth-order valence-electron chi connectivity index (χ4n) is 3.27. The van der Waals surface area contributed by atoms with Gasteiger partial charge in [0, 0.05) is 0 Å². The summed E-state index contributed by atoms with van der Waals surface area (Å²) in [6, 6.07) is 9.65. The Morgan fingerprint density at radius 2 is 1.77 bits per heavy atom. The molecule has 0 aliphatic heterocycles. The van der Waals surface area contributed by atoms with Gasteiger partial charge in [0.05, 0.1) is 17.8 Å². The van der Waals surface area contributed by atoms with Gasteiger partial charge in [0.15, 0.2) is 6.61 Å². The summed E-state index contributed by atoms with van der Waals surface area (Å²) >= 11 is 1.36. The zero-order valence-electron chi connectivity index (χ0n) is 18.1. The Morgan fingerprint density at radius 1 is 1.10 bits per heavy atom. The van der Waals surface area contributed by atoms with Gasteiger partial charge in [-0.25, -0.2) is 4.98 Å². The van der Waals surface area contributed by atoms with E-state index in [1.165, 1.54) is 27.8 Å². The van der Waals surface area contributed by atoms with Crippen molar-refractivity contribution in [1.29, 1.82) is 0 Å². The molecule has 0 fully saturated rings. The number of ether oxygens (including phenoxy) is 1. The highest BCUT2D eigenvalue weighted by Crippen LogP contribution is 2.24. The van der Waals surface area contributed by atoms with Crippen molar-refractivity contribution in [2.75, 3.05) is 6.61 Å². The molecule has 3 rings (SSSR count). The number of thiophene rings is 1. The van der Waals surface area contributed by atoms with Gasteiger partial charge in [-0.05, 0) is 34.4 Å². The van der Waals surface area contributed by atoms with Crippen LogP contribution >= 0.6 is 11.3 Å². The first-order valence-corrected chi connectivity index (χ1v) is 11.1. The standard InChI is InChI=1S/C23H27N3O4S/c1-14(2)16-5-7-17(8-6-16)21(15(3)4)25-19(27)12-30-20(28)11-26-13-24-22-18(23(26)29)9-10-31-22/h5-10,13-15,21H,11-12H2,1-4H3,(H,25,27). The van der Waals surface area contributed by atoms with Crippen LogP contribution in [0.3, 0.4) is 0 Å². The molecule has 7 nitrogen and oxygen atoms in total. The second-order valence-corrected chi connectivity index (χ2v) is 8.98. The highest BCUT2D eigenvalue weighted by molar-refractivity contribution is 7.16. The minimum Gasteiger partial charge on any atom is -0.454 e. The van der Waals surface area contributed by atoms with Gasteiger partial charge in [0.25, 0.3) is 11.5 Å². The van der Waals surface area contributed by atoms with Crippen LogP contribution in [-0.2, 0) is 20.9 Å². The van der Waals surface area contributed by atoms with E-state index in [0.29, 0.717) is 16.1 Å². The Labute approximate surface area is 185 Å². The molecular weight excluding hydrogens is 414 g/mol. The Morgan fingerprint density at radius 3 is 2.42 bits per heavy atom. The largest absolute Gasteiger partial charge is 0.454 e. The molecule has 1 amide bonds. The van der Waals surface area contributed by atoms with Crippen LogP contribution in [0.25, 0.3) is 10.2 Å². The monoisotopic (exact) mass is 441 g/mol. The average molecular weight is 442 g/mol. The summed E-state index contributed by atoms with van der Waals surface area (Å²) in [7, 11) is 0. The third kappa shape index (κ3) is 5.58. The predicted molar refractivity (Wildman–Crippen MR) is 121 cm³/mol. The minimum atomic E-state index is -0.670. The number of nitrogens with one attached hydrogen (secondary N) is 1. The summed E-state index contributed by atoms with van der Waals surface area (Å²) in [5, 5.41) is 5.17. The molecule has 1 aromatic carbocycles. The fraction of sp³-hybridized carbons (Fsp3) is 0.391. The number of rotatable bonds is 8. The maximum Gasteiger partial charge on any atom is 0.326 e. The van der Waals surface area contributed by atoms with Crippen molar-refractivity contribution in [3.63, 3.8) is 0 Å². The number of nitrogens with zero attached hydrogens (tertiary/aromatic N) is 2. The molecule has 2 aromatic heterocycles.